The molecule has 98 valence electrons. The Bertz CT molecular complexity index is 442. The number of halogens is 1. The first-order valence-electron chi connectivity index (χ1n) is 5.57. The Morgan fingerprint density at radius 3 is 2.71 bits per heavy atom. The lowest BCUT2D eigenvalue weighted by atomic mass is 10.1. The second-order valence-corrected chi connectivity index (χ2v) is 9.13. The maximum atomic E-state index is 11.1. The van der Waals surface area contributed by atoms with Crippen molar-refractivity contribution in [1.29, 1.82) is 0 Å². The Labute approximate surface area is 121 Å². The summed E-state index contributed by atoms with van der Waals surface area (Å²) in [5, 5.41) is 5.56. The topological polar surface area (TPSA) is 46.2 Å². The summed E-state index contributed by atoms with van der Waals surface area (Å²) in [7, 11) is -2.84. The molecule has 1 heterocycles. The SMILES string of the molecule is CCNC(CCCS(C)(=O)=O)c1csc(I)c1. The molecule has 0 fully saturated rings. The largest absolute Gasteiger partial charge is 0.310 e. The minimum absolute atomic E-state index is 0.274. The van der Waals surface area contributed by atoms with E-state index < -0.39 is 9.84 Å². The predicted molar refractivity (Wildman–Crippen MR) is 82.4 cm³/mol. The van der Waals surface area contributed by atoms with Crippen LogP contribution in [0, 0.1) is 2.88 Å². The van der Waals surface area contributed by atoms with Gasteiger partial charge >= 0.3 is 0 Å². The third-order valence-corrected chi connectivity index (χ3v) is 5.29. The maximum Gasteiger partial charge on any atom is 0.147 e. The van der Waals surface area contributed by atoms with E-state index in [2.05, 4.69) is 46.3 Å². The zero-order valence-corrected chi connectivity index (χ0v) is 13.9. The van der Waals surface area contributed by atoms with Crippen LogP contribution >= 0.6 is 33.9 Å². The molecular weight excluding hydrogens is 369 g/mol. The van der Waals surface area contributed by atoms with E-state index in [9.17, 15) is 8.42 Å². The third-order valence-electron chi connectivity index (χ3n) is 2.45. The van der Waals surface area contributed by atoms with Crippen LogP contribution in [0.5, 0.6) is 0 Å². The number of thiophene rings is 1. The van der Waals surface area contributed by atoms with Crippen molar-refractivity contribution in [2.45, 2.75) is 25.8 Å². The summed E-state index contributed by atoms with van der Waals surface area (Å²) in [5.74, 6) is 0.274. The number of rotatable bonds is 7. The van der Waals surface area contributed by atoms with E-state index in [4.69, 9.17) is 0 Å². The maximum absolute atomic E-state index is 11.1. The van der Waals surface area contributed by atoms with Crippen molar-refractivity contribution in [1.82, 2.24) is 5.32 Å². The van der Waals surface area contributed by atoms with Crippen molar-refractivity contribution >= 4 is 43.8 Å². The van der Waals surface area contributed by atoms with E-state index in [1.54, 1.807) is 11.3 Å². The van der Waals surface area contributed by atoms with Crippen LogP contribution in [-0.2, 0) is 9.84 Å². The highest BCUT2D eigenvalue weighted by Crippen LogP contribution is 2.25. The van der Waals surface area contributed by atoms with Gasteiger partial charge in [-0.3, -0.25) is 0 Å². The molecule has 0 spiro atoms. The quantitative estimate of drug-likeness (QED) is 0.732. The molecule has 0 bridgehead atoms. The van der Waals surface area contributed by atoms with Crippen LogP contribution in [0.3, 0.4) is 0 Å². The molecule has 0 aliphatic rings. The van der Waals surface area contributed by atoms with Gasteiger partial charge in [0.1, 0.15) is 9.84 Å². The van der Waals surface area contributed by atoms with E-state index in [1.165, 1.54) is 14.7 Å². The molecule has 1 atom stereocenters. The Balaban J connectivity index is 2.55. The van der Waals surface area contributed by atoms with Crippen LogP contribution in [-0.4, -0.2) is 27.0 Å². The van der Waals surface area contributed by atoms with E-state index >= 15 is 0 Å². The van der Waals surface area contributed by atoms with E-state index in [0.717, 1.165) is 13.0 Å². The van der Waals surface area contributed by atoms with Crippen molar-refractivity contribution in [2.75, 3.05) is 18.6 Å². The molecule has 0 aliphatic carbocycles. The van der Waals surface area contributed by atoms with E-state index in [0.29, 0.717) is 6.42 Å². The summed E-state index contributed by atoms with van der Waals surface area (Å²) in [6.45, 7) is 2.97. The standard InChI is InChI=1S/C11H18INO2S2/c1-3-13-10(5-4-6-17(2,14)15)9-7-11(12)16-8-9/h7-8,10,13H,3-6H2,1-2H3. The molecule has 1 N–H and O–H groups in total. The zero-order valence-electron chi connectivity index (χ0n) is 10.1. The van der Waals surface area contributed by atoms with Gasteiger partial charge in [0.15, 0.2) is 0 Å². The number of hydrogen-bond donors (Lipinski definition) is 1. The van der Waals surface area contributed by atoms with Crippen LogP contribution in [0.25, 0.3) is 0 Å². The van der Waals surface area contributed by atoms with Crippen LogP contribution in [0.15, 0.2) is 11.4 Å². The monoisotopic (exact) mass is 387 g/mol. The van der Waals surface area contributed by atoms with Gasteiger partial charge in [-0.15, -0.1) is 11.3 Å². The Hall–Kier alpha value is 0.340. The first-order valence-corrected chi connectivity index (χ1v) is 9.59. The van der Waals surface area contributed by atoms with Crippen LogP contribution < -0.4 is 5.32 Å². The lowest BCUT2D eigenvalue weighted by molar-refractivity contribution is 0.508. The van der Waals surface area contributed by atoms with Gasteiger partial charge in [0, 0.05) is 18.1 Å². The molecule has 0 saturated heterocycles. The summed E-state index contributed by atoms with van der Waals surface area (Å²) >= 11 is 4.03. The van der Waals surface area contributed by atoms with Crippen molar-refractivity contribution in [3.05, 3.63) is 19.9 Å². The predicted octanol–water partition coefficient (Wildman–Crippen LogP) is 2.83. The molecule has 0 saturated carbocycles. The Morgan fingerprint density at radius 2 is 2.24 bits per heavy atom. The van der Waals surface area contributed by atoms with Gasteiger partial charge in [-0.1, -0.05) is 6.92 Å². The van der Waals surface area contributed by atoms with Gasteiger partial charge in [-0.25, -0.2) is 8.42 Å². The number of hydrogen-bond acceptors (Lipinski definition) is 4. The zero-order chi connectivity index (χ0) is 12.9. The van der Waals surface area contributed by atoms with Crippen LogP contribution in [0.2, 0.25) is 0 Å². The molecule has 0 amide bonds. The summed E-state index contributed by atoms with van der Waals surface area (Å²) in [5.41, 5.74) is 1.27. The smallest absolute Gasteiger partial charge is 0.147 e. The van der Waals surface area contributed by atoms with Gasteiger partial charge in [-0.2, -0.15) is 0 Å². The molecule has 1 aromatic rings. The summed E-state index contributed by atoms with van der Waals surface area (Å²) in [6.07, 6.45) is 2.87. The molecule has 0 aromatic carbocycles. The first-order chi connectivity index (χ1) is 7.92. The van der Waals surface area contributed by atoms with Crippen molar-refractivity contribution < 1.29 is 8.42 Å². The lowest BCUT2D eigenvalue weighted by Crippen LogP contribution is -2.21. The molecule has 1 rings (SSSR count). The van der Waals surface area contributed by atoms with Gasteiger partial charge in [0.2, 0.25) is 0 Å². The van der Waals surface area contributed by atoms with Gasteiger partial charge in [0.25, 0.3) is 0 Å². The van der Waals surface area contributed by atoms with Gasteiger partial charge in [0.05, 0.1) is 2.88 Å². The molecule has 0 aliphatic heterocycles. The Morgan fingerprint density at radius 1 is 1.53 bits per heavy atom. The number of sulfone groups is 1. The van der Waals surface area contributed by atoms with Gasteiger partial charge in [-0.05, 0) is 59.0 Å². The highest BCUT2D eigenvalue weighted by Gasteiger charge is 2.13. The minimum Gasteiger partial charge on any atom is -0.310 e. The molecule has 0 radical (unpaired) electrons. The average molecular weight is 387 g/mol. The highest BCUT2D eigenvalue weighted by atomic mass is 127. The fourth-order valence-corrected chi connectivity index (χ4v) is 3.81. The van der Waals surface area contributed by atoms with Crippen molar-refractivity contribution in [3.8, 4) is 0 Å². The fraction of sp³-hybridized carbons (Fsp3) is 0.636. The third kappa shape index (κ3) is 6.17. The Kier molecular flexibility index (Phi) is 6.39. The highest BCUT2D eigenvalue weighted by molar-refractivity contribution is 14.1. The minimum atomic E-state index is -2.84. The van der Waals surface area contributed by atoms with Crippen LogP contribution in [0.4, 0.5) is 0 Å². The van der Waals surface area contributed by atoms with E-state index in [1.807, 2.05) is 0 Å². The summed E-state index contributed by atoms with van der Waals surface area (Å²) in [4.78, 5) is 0. The molecule has 6 heteroatoms. The summed E-state index contributed by atoms with van der Waals surface area (Å²) < 4.78 is 23.5. The van der Waals surface area contributed by atoms with E-state index in [-0.39, 0.29) is 11.8 Å². The lowest BCUT2D eigenvalue weighted by Gasteiger charge is -2.16. The van der Waals surface area contributed by atoms with Crippen LogP contribution in [0.1, 0.15) is 31.4 Å². The average Bonchev–Trinajstić information content (AvgIpc) is 2.62. The molecule has 1 unspecified atom stereocenters. The normalized spacial score (nSPS) is 13.8. The second-order valence-electron chi connectivity index (χ2n) is 4.07. The first kappa shape index (κ1) is 15.4. The molecule has 3 nitrogen and oxygen atoms in total. The molecule has 1 aromatic heterocycles. The van der Waals surface area contributed by atoms with Gasteiger partial charge < -0.3 is 5.32 Å². The molecule has 17 heavy (non-hydrogen) atoms. The fourth-order valence-electron chi connectivity index (χ4n) is 1.69. The summed E-state index contributed by atoms with van der Waals surface area (Å²) in [6, 6.07) is 2.44. The molecular formula is C11H18INO2S2. The number of nitrogens with one attached hydrogen (secondary N) is 1. The second kappa shape index (κ2) is 7.06. The van der Waals surface area contributed by atoms with Crippen molar-refractivity contribution in [3.63, 3.8) is 0 Å². The van der Waals surface area contributed by atoms with Crippen molar-refractivity contribution in [2.24, 2.45) is 0 Å².